The Balaban J connectivity index is 1.79. The highest BCUT2D eigenvalue weighted by Gasteiger charge is 2.07. The van der Waals surface area contributed by atoms with E-state index in [1.807, 2.05) is 41.1 Å². The van der Waals surface area contributed by atoms with Gasteiger partial charge in [0, 0.05) is 22.9 Å². The predicted molar refractivity (Wildman–Crippen MR) is 79.8 cm³/mol. The molecule has 0 bridgehead atoms. The van der Waals surface area contributed by atoms with Crippen molar-refractivity contribution in [2.24, 2.45) is 0 Å². The van der Waals surface area contributed by atoms with Crippen LogP contribution in [0.5, 0.6) is 0 Å². The molecule has 3 rings (SSSR count). The van der Waals surface area contributed by atoms with E-state index >= 15 is 0 Å². The lowest BCUT2D eigenvalue weighted by atomic mass is 10.2. The highest BCUT2D eigenvalue weighted by molar-refractivity contribution is 6.31. The van der Waals surface area contributed by atoms with Gasteiger partial charge in [-0.3, -0.25) is 4.79 Å². The summed E-state index contributed by atoms with van der Waals surface area (Å²) in [5.41, 5.74) is 0.939. The summed E-state index contributed by atoms with van der Waals surface area (Å²) in [6.07, 6.45) is 3.51. The molecule has 20 heavy (non-hydrogen) atoms. The van der Waals surface area contributed by atoms with Gasteiger partial charge in [-0.05, 0) is 35.7 Å². The molecule has 2 heterocycles. The summed E-state index contributed by atoms with van der Waals surface area (Å²) in [5.74, 6) is 0.424. The number of fused-ring (bicyclic) bond motifs is 1. The van der Waals surface area contributed by atoms with Crippen molar-refractivity contribution < 1.29 is 4.79 Å². The topological polar surface area (TPSA) is 46.9 Å². The van der Waals surface area contributed by atoms with E-state index in [4.69, 9.17) is 11.6 Å². The number of benzene rings is 1. The fourth-order valence-corrected chi connectivity index (χ4v) is 2.24. The van der Waals surface area contributed by atoms with Crippen LogP contribution < -0.4 is 5.32 Å². The second kappa shape index (κ2) is 5.35. The van der Waals surface area contributed by atoms with Crippen LogP contribution in [-0.4, -0.2) is 15.5 Å². The summed E-state index contributed by atoms with van der Waals surface area (Å²) in [6.45, 7) is 0.223. The zero-order valence-electron chi connectivity index (χ0n) is 10.6. The van der Waals surface area contributed by atoms with E-state index in [0.717, 1.165) is 10.9 Å². The van der Waals surface area contributed by atoms with Crippen LogP contribution in [0.15, 0.2) is 54.9 Å². The van der Waals surface area contributed by atoms with E-state index in [1.54, 1.807) is 18.3 Å². The highest BCUT2D eigenvalue weighted by atomic mass is 35.5. The molecule has 0 saturated heterocycles. The number of aromatic nitrogens is 2. The Hall–Kier alpha value is -2.33. The van der Waals surface area contributed by atoms with E-state index in [0.29, 0.717) is 10.8 Å². The molecule has 100 valence electrons. The van der Waals surface area contributed by atoms with Crippen molar-refractivity contribution >= 4 is 34.2 Å². The molecule has 2 aromatic heterocycles. The number of nitrogens with one attached hydrogen (secondary N) is 1. The number of carbonyl (C=O) groups is 1. The molecule has 0 aliphatic heterocycles. The molecule has 0 radical (unpaired) electrons. The fourth-order valence-electron chi connectivity index (χ4n) is 2.07. The first kappa shape index (κ1) is 12.7. The van der Waals surface area contributed by atoms with Gasteiger partial charge in [-0.2, -0.15) is 0 Å². The molecule has 0 fully saturated rings. The third-order valence-electron chi connectivity index (χ3n) is 2.98. The van der Waals surface area contributed by atoms with Gasteiger partial charge in [-0.15, -0.1) is 0 Å². The summed E-state index contributed by atoms with van der Waals surface area (Å²) in [7, 11) is 0. The van der Waals surface area contributed by atoms with Crippen molar-refractivity contribution in [1.82, 2.24) is 9.55 Å². The molecule has 1 N–H and O–H groups in total. The predicted octanol–water partition coefficient (Wildman–Crippen LogP) is 3.33. The first-order valence-corrected chi connectivity index (χ1v) is 6.55. The number of hydrogen-bond acceptors (Lipinski definition) is 2. The average molecular weight is 286 g/mol. The van der Waals surface area contributed by atoms with Crippen LogP contribution in [0.3, 0.4) is 0 Å². The van der Waals surface area contributed by atoms with Gasteiger partial charge in [0.1, 0.15) is 12.4 Å². The van der Waals surface area contributed by atoms with Crippen molar-refractivity contribution in [3.05, 3.63) is 59.9 Å². The molecule has 0 saturated carbocycles. The molecule has 0 unspecified atom stereocenters. The van der Waals surface area contributed by atoms with Gasteiger partial charge in [0.05, 0.1) is 0 Å². The molecule has 0 aliphatic rings. The number of hydrogen-bond donors (Lipinski definition) is 1. The molecule has 4 nitrogen and oxygen atoms in total. The van der Waals surface area contributed by atoms with E-state index in [9.17, 15) is 4.79 Å². The first-order chi connectivity index (χ1) is 9.72. The molecule has 3 aromatic rings. The Bertz CT molecular complexity index is 752. The summed E-state index contributed by atoms with van der Waals surface area (Å²) < 4.78 is 1.86. The minimum atomic E-state index is -0.124. The third-order valence-corrected chi connectivity index (χ3v) is 3.22. The number of pyridine rings is 1. The summed E-state index contributed by atoms with van der Waals surface area (Å²) in [4.78, 5) is 16.1. The quantitative estimate of drug-likeness (QED) is 0.802. The second-order valence-electron chi connectivity index (χ2n) is 4.41. The van der Waals surface area contributed by atoms with Gasteiger partial charge in [-0.25, -0.2) is 4.98 Å². The van der Waals surface area contributed by atoms with Crippen molar-refractivity contribution in [2.45, 2.75) is 6.54 Å². The molecule has 1 amide bonds. The third kappa shape index (κ3) is 2.65. The maximum atomic E-state index is 12.0. The number of anilines is 1. The van der Waals surface area contributed by atoms with Gasteiger partial charge in [0.2, 0.25) is 5.91 Å². The van der Waals surface area contributed by atoms with Crippen LogP contribution in [0.25, 0.3) is 10.9 Å². The minimum Gasteiger partial charge on any atom is -0.338 e. The molecule has 0 atom stereocenters. The zero-order valence-corrected chi connectivity index (χ0v) is 11.3. The molecular weight excluding hydrogens is 274 g/mol. The number of carbonyl (C=O) groups excluding carboxylic acids is 1. The Morgan fingerprint density at radius 3 is 2.95 bits per heavy atom. The summed E-state index contributed by atoms with van der Waals surface area (Å²) in [5, 5.41) is 4.47. The van der Waals surface area contributed by atoms with E-state index in [1.165, 1.54) is 0 Å². The van der Waals surface area contributed by atoms with Gasteiger partial charge >= 0.3 is 0 Å². The average Bonchev–Trinajstić information content (AvgIpc) is 2.82. The van der Waals surface area contributed by atoms with Crippen LogP contribution >= 0.6 is 11.6 Å². The Labute approximate surface area is 121 Å². The first-order valence-electron chi connectivity index (χ1n) is 6.18. The van der Waals surface area contributed by atoms with Crippen molar-refractivity contribution in [2.75, 3.05) is 5.32 Å². The number of amides is 1. The molecule has 0 aliphatic carbocycles. The minimum absolute atomic E-state index is 0.124. The van der Waals surface area contributed by atoms with Crippen molar-refractivity contribution in [1.29, 1.82) is 0 Å². The molecule has 1 aromatic carbocycles. The SMILES string of the molecule is O=C(Cn1ccc2ccc(Cl)cc21)Nc1ccccn1. The van der Waals surface area contributed by atoms with Crippen LogP contribution in [-0.2, 0) is 11.3 Å². The Morgan fingerprint density at radius 1 is 1.25 bits per heavy atom. The lowest BCUT2D eigenvalue weighted by molar-refractivity contribution is -0.116. The summed E-state index contributed by atoms with van der Waals surface area (Å²) in [6, 6.07) is 13.0. The van der Waals surface area contributed by atoms with E-state index in [-0.39, 0.29) is 12.5 Å². The maximum absolute atomic E-state index is 12.0. The Morgan fingerprint density at radius 2 is 2.15 bits per heavy atom. The maximum Gasteiger partial charge on any atom is 0.245 e. The Kier molecular flexibility index (Phi) is 3.39. The fraction of sp³-hybridized carbons (Fsp3) is 0.0667. The van der Waals surface area contributed by atoms with Gasteiger partial charge in [0.15, 0.2) is 0 Å². The lowest BCUT2D eigenvalue weighted by Gasteiger charge is -2.06. The largest absolute Gasteiger partial charge is 0.338 e. The van der Waals surface area contributed by atoms with Crippen LogP contribution in [0.4, 0.5) is 5.82 Å². The number of rotatable bonds is 3. The van der Waals surface area contributed by atoms with Gasteiger partial charge in [-0.1, -0.05) is 23.7 Å². The molecule has 0 spiro atoms. The normalized spacial score (nSPS) is 10.7. The van der Waals surface area contributed by atoms with Crippen LogP contribution in [0.1, 0.15) is 0 Å². The van der Waals surface area contributed by atoms with Gasteiger partial charge < -0.3 is 9.88 Å². The highest BCUT2D eigenvalue weighted by Crippen LogP contribution is 2.20. The van der Waals surface area contributed by atoms with Crippen molar-refractivity contribution in [3.63, 3.8) is 0 Å². The lowest BCUT2D eigenvalue weighted by Crippen LogP contribution is -2.18. The van der Waals surface area contributed by atoms with E-state index < -0.39 is 0 Å². The van der Waals surface area contributed by atoms with Gasteiger partial charge in [0.25, 0.3) is 0 Å². The van der Waals surface area contributed by atoms with Crippen LogP contribution in [0.2, 0.25) is 5.02 Å². The van der Waals surface area contributed by atoms with Crippen molar-refractivity contribution in [3.8, 4) is 0 Å². The number of nitrogens with zero attached hydrogens (tertiary/aromatic N) is 2. The standard InChI is InChI=1S/C15H12ClN3O/c16-12-5-4-11-6-8-19(13(11)9-12)10-15(20)18-14-3-1-2-7-17-14/h1-9H,10H2,(H,17,18,20). The monoisotopic (exact) mass is 285 g/mol. The van der Waals surface area contributed by atoms with E-state index in [2.05, 4.69) is 10.3 Å². The summed E-state index contributed by atoms with van der Waals surface area (Å²) >= 11 is 5.99. The zero-order chi connectivity index (χ0) is 13.9. The van der Waals surface area contributed by atoms with Crippen LogP contribution in [0, 0.1) is 0 Å². The molecule has 5 heteroatoms. The number of halogens is 1. The second-order valence-corrected chi connectivity index (χ2v) is 4.85. The smallest absolute Gasteiger partial charge is 0.245 e. The molecular formula is C15H12ClN3O.